The van der Waals surface area contributed by atoms with Crippen LogP contribution in [0.4, 0.5) is 0 Å². The van der Waals surface area contributed by atoms with Crippen LogP contribution in [0.15, 0.2) is 48.5 Å². The zero-order valence-electron chi connectivity index (χ0n) is 19.4. The van der Waals surface area contributed by atoms with E-state index in [2.05, 4.69) is 31.7 Å². The highest BCUT2D eigenvalue weighted by Crippen LogP contribution is 2.15. The Bertz CT molecular complexity index is 1050. The molecule has 0 radical (unpaired) electrons. The van der Waals surface area contributed by atoms with Gasteiger partial charge in [-0.1, -0.05) is 47.5 Å². The van der Waals surface area contributed by atoms with Crippen LogP contribution in [0.5, 0.6) is 0 Å². The van der Waals surface area contributed by atoms with E-state index in [0.717, 1.165) is 82.0 Å². The summed E-state index contributed by atoms with van der Waals surface area (Å²) in [5.41, 5.74) is 2.50. The molecule has 0 aromatic heterocycles. The highest BCUT2D eigenvalue weighted by atomic mass is 35.5. The lowest BCUT2D eigenvalue weighted by molar-refractivity contribution is 0.128. The van der Waals surface area contributed by atoms with Crippen molar-refractivity contribution >= 4 is 38.5 Å². The molecule has 0 aliphatic carbocycles. The molecule has 0 unspecified atom stereocenters. The van der Waals surface area contributed by atoms with Crippen molar-refractivity contribution in [3.8, 4) is 0 Å². The Morgan fingerprint density at radius 3 is 1.50 bits per heavy atom. The molecule has 2 aromatic rings. The van der Waals surface area contributed by atoms with Gasteiger partial charge in [-0.3, -0.25) is 14.7 Å². The normalized spacial score (nSPS) is 18.8. The standard InChI is InChI=1S/C25H32Cl2N4O2S/c26-23-5-1-21(2-6-23)19-29-13-11-28(12-14-29)10-9-25(34(32)33)31-17-15-30(16-18-31)20-22-3-7-24(27)8-4-22/h1-8H,9-20H2. The smallest absolute Gasteiger partial charge is 0.228 e. The van der Waals surface area contributed by atoms with Crippen LogP contribution >= 0.6 is 23.2 Å². The van der Waals surface area contributed by atoms with E-state index >= 15 is 0 Å². The van der Waals surface area contributed by atoms with Crippen LogP contribution < -0.4 is 0 Å². The molecule has 2 heterocycles. The van der Waals surface area contributed by atoms with Crippen LogP contribution in [0.1, 0.15) is 17.5 Å². The predicted octanol–water partition coefficient (Wildman–Crippen LogP) is 3.33. The van der Waals surface area contributed by atoms with Gasteiger partial charge < -0.3 is 4.90 Å². The van der Waals surface area contributed by atoms with Crippen molar-refractivity contribution in [1.29, 1.82) is 0 Å². The van der Waals surface area contributed by atoms with E-state index < -0.39 is 10.3 Å². The maximum Gasteiger partial charge on any atom is 0.228 e. The fourth-order valence-corrected chi connectivity index (χ4v) is 5.53. The van der Waals surface area contributed by atoms with Gasteiger partial charge in [-0.15, -0.1) is 0 Å². The Kier molecular flexibility index (Phi) is 9.42. The minimum atomic E-state index is -2.18. The Balaban J connectivity index is 1.20. The maximum atomic E-state index is 12.0. The average molecular weight is 524 g/mol. The molecule has 2 aliphatic heterocycles. The highest BCUT2D eigenvalue weighted by Gasteiger charge is 2.23. The van der Waals surface area contributed by atoms with Crippen molar-refractivity contribution < 1.29 is 8.42 Å². The SMILES string of the molecule is O=S(=O)=C(CCN1CCN(Cc2ccc(Cl)cc2)CC1)N1CCN(Cc2ccc(Cl)cc2)CC1. The van der Waals surface area contributed by atoms with Crippen molar-refractivity contribution in [2.45, 2.75) is 19.5 Å². The first-order valence-corrected chi connectivity index (χ1v) is 13.7. The molecule has 2 aliphatic rings. The van der Waals surface area contributed by atoms with Gasteiger partial charge in [-0.05, 0) is 35.4 Å². The second kappa shape index (κ2) is 12.5. The van der Waals surface area contributed by atoms with Crippen LogP contribution in [0.3, 0.4) is 0 Å². The van der Waals surface area contributed by atoms with Gasteiger partial charge in [0.1, 0.15) is 4.99 Å². The van der Waals surface area contributed by atoms with E-state index in [1.165, 1.54) is 11.1 Å². The molecule has 0 saturated carbocycles. The first-order valence-electron chi connectivity index (χ1n) is 11.8. The molecular weight excluding hydrogens is 491 g/mol. The van der Waals surface area contributed by atoms with Crippen LogP contribution in [-0.2, 0) is 23.4 Å². The predicted molar refractivity (Wildman–Crippen MR) is 140 cm³/mol. The van der Waals surface area contributed by atoms with Crippen molar-refractivity contribution in [2.24, 2.45) is 0 Å². The number of hydrogen-bond donors (Lipinski definition) is 0. The summed E-state index contributed by atoms with van der Waals surface area (Å²) in [7, 11) is -2.18. The number of halogens is 2. The Morgan fingerprint density at radius 1 is 0.647 bits per heavy atom. The molecule has 34 heavy (non-hydrogen) atoms. The molecule has 4 rings (SSSR count). The maximum absolute atomic E-state index is 12.0. The summed E-state index contributed by atoms with van der Waals surface area (Å²) in [4.78, 5) is 9.79. The monoisotopic (exact) mass is 522 g/mol. The summed E-state index contributed by atoms with van der Waals surface area (Å²) >= 11 is 12.0. The fourth-order valence-electron chi connectivity index (χ4n) is 4.62. The lowest BCUT2D eigenvalue weighted by Gasteiger charge is -2.36. The van der Waals surface area contributed by atoms with Gasteiger partial charge in [0.05, 0.1) is 0 Å². The molecule has 0 amide bonds. The molecule has 9 heteroatoms. The Morgan fingerprint density at radius 2 is 1.06 bits per heavy atom. The summed E-state index contributed by atoms with van der Waals surface area (Å²) in [5, 5.41) is 1.51. The van der Waals surface area contributed by atoms with Crippen molar-refractivity contribution in [3.05, 3.63) is 69.7 Å². The highest BCUT2D eigenvalue weighted by molar-refractivity contribution is 7.72. The van der Waals surface area contributed by atoms with Gasteiger partial charge >= 0.3 is 0 Å². The molecule has 184 valence electrons. The van der Waals surface area contributed by atoms with Crippen molar-refractivity contribution in [3.63, 3.8) is 0 Å². The van der Waals surface area contributed by atoms with E-state index in [9.17, 15) is 8.42 Å². The summed E-state index contributed by atoms with van der Waals surface area (Å²) in [5.74, 6) is 0. The van der Waals surface area contributed by atoms with Crippen LogP contribution in [0.2, 0.25) is 10.0 Å². The largest absolute Gasteiger partial charge is 0.300 e. The summed E-state index contributed by atoms with van der Waals surface area (Å²) < 4.78 is 24.0. The number of rotatable bonds is 7. The van der Waals surface area contributed by atoms with Gasteiger partial charge in [0.25, 0.3) is 0 Å². The van der Waals surface area contributed by atoms with Gasteiger partial charge in [-0.25, -0.2) is 0 Å². The van der Waals surface area contributed by atoms with Crippen molar-refractivity contribution in [1.82, 2.24) is 19.6 Å². The van der Waals surface area contributed by atoms with Gasteiger partial charge in [0, 0.05) is 88.5 Å². The molecule has 2 saturated heterocycles. The molecular formula is C25H32Cl2N4O2S. The van der Waals surface area contributed by atoms with E-state index in [1.54, 1.807) is 0 Å². The van der Waals surface area contributed by atoms with Gasteiger partial charge in [0.2, 0.25) is 10.3 Å². The number of hydrogen-bond acceptors (Lipinski definition) is 5. The minimum absolute atomic E-state index is 0.551. The van der Waals surface area contributed by atoms with Gasteiger partial charge in [0.15, 0.2) is 0 Å². The first kappa shape index (κ1) is 25.6. The van der Waals surface area contributed by atoms with Gasteiger partial charge in [-0.2, -0.15) is 8.42 Å². The van der Waals surface area contributed by atoms with Crippen LogP contribution in [-0.4, -0.2) is 91.9 Å². The first-order chi connectivity index (χ1) is 16.5. The minimum Gasteiger partial charge on any atom is -0.300 e. The zero-order valence-corrected chi connectivity index (χ0v) is 21.7. The third kappa shape index (κ3) is 7.52. The number of benzene rings is 2. The molecule has 0 N–H and O–H groups in total. The Labute approximate surface area is 214 Å². The van der Waals surface area contributed by atoms with E-state index in [0.29, 0.717) is 11.4 Å². The molecule has 2 aromatic carbocycles. The molecule has 0 atom stereocenters. The second-order valence-electron chi connectivity index (χ2n) is 9.01. The third-order valence-corrected chi connectivity index (χ3v) is 8.01. The zero-order chi connectivity index (χ0) is 23.9. The van der Waals surface area contributed by atoms with E-state index in [-0.39, 0.29) is 0 Å². The van der Waals surface area contributed by atoms with Crippen LogP contribution in [0.25, 0.3) is 0 Å². The molecule has 0 spiro atoms. The summed E-state index contributed by atoms with van der Waals surface area (Å²) in [6.07, 6.45) is 0.574. The van der Waals surface area contributed by atoms with E-state index in [1.807, 2.05) is 36.4 Å². The summed E-state index contributed by atoms with van der Waals surface area (Å²) in [6.45, 7) is 9.65. The fraction of sp³-hybridized carbons (Fsp3) is 0.480. The summed E-state index contributed by atoms with van der Waals surface area (Å²) in [6, 6.07) is 16.0. The quantitative estimate of drug-likeness (QED) is 0.519. The lowest BCUT2D eigenvalue weighted by atomic mass is 10.2. The van der Waals surface area contributed by atoms with Crippen LogP contribution in [0, 0.1) is 0 Å². The molecule has 0 bridgehead atoms. The van der Waals surface area contributed by atoms with Crippen molar-refractivity contribution in [2.75, 3.05) is 58.9 Å². The number of nitrogens with zero attached hydrogens (tertiary/aromatic N) is 4. The molecule has 6 nitrogen and oxygen atoms in total. The topological polar surface area (TPSA) is 47.1 Å². The third-order valence-electron chi connectivity index (χ3n) is 6.66. The molecule has 2 fully saturated rings. The van der Waals surface area contributed by atoms with E-state index in [4.69, 9.17) is 23.2 Å². The Hall–Kier alpha value is -1.45. The lowest BCUT2D eigenvalue weighted by Crippen LogP contribution is -2.50. The second-order valence-corrected chi connectivity index (χ2v) is 10.8. The average Bonchev–Trinajstić information content (AvgIpc) is 2.84. The number of piperazine rings is 2.